The van der Waals surface area contributed by atoms with Gasteiger partial charge in [0.2, 0.25) is 0 Å². The van der Waals surface area contributed by atoms with E-state index in [1.54, 1.807) is 7.05 Å². The summed E-state index contributed by atoms with van der Waals surface area (Å²) in [4.78, 5) is 11.7. The van der Waals surface area contributed by atoms with Gasteiger partial charge in [-0.15, -0.1) is 0 Å². The van der Waals surface area contributed by atoms with E-state index < -0.39 is 0 Å². The zero-order valence-corrected chi connectivity index (χ0v) is 15.4. The van der Waals surface area contributed by atoms with E-state index in [1.165, 1.54) is 27.6 Å². The summed E-state index contributed by atoms with van der Waals surface area (Å²) in [6.07, 6.45) is 3.17. The lowest BCUT2D eigenvalue weighted by Gasteiger charge is -2.07. The first-order chi connectivity index (χ1) is 13.2. The van der Waals surface area contributed by atoms with E-state index in [0.717, 1.165) is 13.0 Å². The smallest absolute Gasteiger partial charge is 0.251 e. The summed E-state index contributed by atoms with van der Waals surface area (Å²) in [5.41, 5.74) is 5.74. The van der Waals surface area contributed by atoms with Gasteiger partial charge < -0.3 is 9.88 Å². The lowest BCUT2D eigenvalue weighted by atomic mass is 10.0. The normalized spacial score (nSPS) is 10.9. The maximum Gasteiger partial charge on any atom is 0.251 e. The van der Waals surface area contributed by atoms with Gasteiger partial charge >= 0.3 is 0 Å². The van der Waals surface area contributed by atoms with Gasteiger partial charge in [0, 0.05) is 36.3 Å². The van der Waals surface area contributed by atoms with Crippen molar-refractivity contribution < 1.29 is 4.79 Å². The highest BCUT2D eigenvalue weighted by molar-refractivity contribution is 5.94. The fourth-order valence-corrected chi connectivity index (χ4v) is 3.51. The molecule has 1 aromatic heterocycles. The van der Waals surface area contributed by atoms with Gasteiger partial charge in [-0.05, 0) is 41.3 Å². The number of hydrogen-bond donors (Lipinski definition) is 1. The van der Waals surface area contributed by atoms with Crippen LogP contribution in [0.15, 0.2) is 85.1 Å². The van der Waals surface area contributed by atoms with Crippen LogP contribution >= 0.6 is 0 Å². The number of benzene rings is 3. The molecule has 3 heteroatoms. The fraction of sp³-hybridized carbons (Fsp3) is 0.125. The molecule has 3 nitrogen and oxygen atoms in total. The SMILES string of the molecule is CNC(=O)c1ccc(Cn2cc(Cc3ccccc3)c3ccccc32)cc1. The van der Waals surface area contributed by atoms with Crippen molar-refractivity contribution in [3.05, 3.63) is 107 Å². The second-order valence-electron chi connectivity index (χ2n) is 6.74. The van der Waals surface area contributed by atoms with Crippen LogP contribution in [0, 0.1) is 0 Å². The van der Waals surface area contributed by atoms with Crippen LogP contribution in [0.1, 0.15) is 27.0 Å². The van der Waals surface area contributed by atoms with Gasteiger partial charge in [0.1, 0.15) is 0 Å². The molecule has 0 atom stereocenters. The third-order valence-corrected chi connectivity index (χ3v) is 4.90. The molecule has 134 valence electrons. The molecule has 1 heterocycles. The van der Waals surface area contributed by atoms with Crippen molar-refractivity contribution in [2.45, 2.75) is 13.0 Å². The topological polar surface area (TPSA) is 34.0 Å². The number of hydrogen-bond acceptors (Lipinski definition) is 1. The third-order valence-electron chi connectivity index (χ3n) is 4.90. The summed E-state index contributed by atoms with van der Waals surface area (Å²) in [6.45, 7) is 0.781. The van der Waals surface area contributed by atoms with Gasteiger partial charge in [-0.1, -0.05) is 60.7 Å². The minimum absolute atomic E-state index is 0.0573. The van der Waals surface area contributed by atoms with Crippen molar-refractivity contribution in [1.82, 2.24) is 9.88 Å². The molecule has 1 amide bonds. The summed E-state index contributed by atoms with van der Waals surface area (Å²) >= 11 is 0. The number of nitrogens with one attached hydrogen (secondary N) is 1. The van der Waals surface area contributed by atoms with E-state index in [2.05, 4.69) is 70.7 Å². The van der Waals surface area contributed by atoms with Gasteiger partial charge in [-0.25, -0.2) is 0 Å². The number of fused-ring (bicyclic) bond motifs is 1. The van der Waals surface area contributed by atoms with E-state index >= 15 is 0 Å². The summed E-state index contributed by atoms with van der Waals surface area (Å²) in [5, 5.41) is 3.95. The molecule has 0 spiro atoms. The van der Waals surface area contributed by atoms with Crippen LogP contribution in [0.2, 0.25) is 0 Å². The van der Waals surface area contributed by atoms with E-state index in [4.69, 9.17) is 0 Å². The molecule has 3 aromatic carbocycles. The Labute approximate surface area is 159 Å². The molecule has 0 aliphatic rings. The molecular formula is C24H22N2O. The Hall–Kier alpha value is -3.33. The molecule has 0 bridgehead atoms. The van der Waals surface area contributed by atoms with Gasteiger partial charge in [-0.3, -0.25) is 4.79 Å². The molecular weight excluding hydrogens is 332 g/mol. The van der Waals surface area contributed by atoms with Crippen molar-refractivity contribution in [3.8, 4) is 0 Å². The van der Waals surface area contributed by atoms with E-state index in [0.29, 0.717) is 5.56 Å². The zero-order valence-electron chi connectivity index (χ0n) is 15.4. The number of amides is 1. The summed E-state index contributed by atoms with van der Waals surface area (Å²) < 4.78 is 2.29. The van der Waals surface area contributed by atoms with Crippen molar-refractivity contribution >= 4 is 16.8 Å². The molecule has 0 fully saturated rings. The second-order valence-corrected chi connectivity index (χ2v) is 6.74. The average Bonchev–Trinajstić information content (AvgIpc) is 3.06. The first-order valence-corrected chi connectivity index (χ1v) is 9.16. The highest BCUT2D eigenvalue weighted by atomic mass is 16.1. The van der Waals surface area contributed by atoms with Crippen LogP contribution < -0.4 is 5.32 Å². The molecule has 0 saturated heterocycles. The molecule has 4 aromatic rings. The maximum atomic E-state index is 11.7. The first kappa shape index (κ1) is 17.1. The quantitative estimate of drug-likeness (QED) is 0.557. The third kappa shape index (κ3) is 3.63. The number of nitrogens with zero attached hydrogens (tertiary/aromatic N) is 1. The number of rotatable bonds is 5. The van der Waals surface area contributed by atoms with Gasteiger partial charge in [-0.2, -0.15) is 0 Å². The van der Waals surface area contributed by atoms with Gasteiger partial charge in [0.05, 0.1) is 0 Å². The van der Waals surface area contributed by atoms with Crippen LogP contribution in [0.3, 0.4) is 0 Å². The number of para-hydroxylation sites is 1. The summed E-state index contributed by atoms with van der Waals surface area (Å²) in [5.74, 6) is -0.0573. The Morgan fingerprint density at radius 2 is 1.56 bits per heavy atom. The average molecular weight is 354 g/mol. The Balaban J connectivity index is 1.65. The Kier molecular flexibility index (Phi) is 4.75. The maximum absolute atomic E-state index is 11.7. The fourth-order valence-electron chi connectivity index (χ4n) is 3.51. The molecule has 1 N–H and O–H groups in total. The van der Waals surface area contributed by atoms with Gasteiger partial charge in [0.15, 0.2) is 0 Å². The Bertz CT molecular complexity index is 1060. The second kappa shape index (κ2) is 7.50. The van der Waals surface area contributed by atoms with Crippen LogP contribution in [0.25, 0.3) is 10.9 Å². The highest BCUT2D eigenvalue weighted by Gasteiger charge is 2.10. The lowest BCUT2D eigenvalue weighted by Crippen LogP contribution is -2.17. The standard InChI is InChI=1S/C24H22N2O/c1-25-24(27)20-13-11-19(12-14-20)16-26-17-21(15-18-7-3-2-4-8-18)22-9-5-6-10-23(22)26/h2-14,17H,15-16H2,1H3,(H,25,27). The molecule has 0 aliphatic carbocycles. The molecule has 0 radical (unpaired) electrons. The predicted molar refractivity (Wildman–Crippen MR) is 110 cm³/mol. The Morgan fingerprint density at radius 3 is 2.30 bits per heavy atom. The number of carbonyl (C=O) groups excluding carboxylic acids is 1. The van der Waals surface area contributed by atoms with Crippen molar-refractivity contribution in [1.29, 1.82) is 0 Å². The molecule has 0 unspecified atom stereocenters. The van der Waals surface area contributed by atoms with E-state index in [1.807, 2.05) is 24.3 Å². The minimum Gasteiger partial charge on any atom is -0.355 e. The molecule has 4 rings (SSSR count). The number of carbonyl (C=O) groups is 1. The van der Waals surface area contributed by atoms with Crippen molar-refractivity contribution in [3.63, 3.8) is 0 Å². The van der Waals surface area contributed by atoms with Crippen LogP contribution in [0.4, 0.5) is 0 Å². The largest absolute Gasteiger partial charge is 0.355 e. The number of aromatic nitrogens is 1. The van der Waals surface area contributed by atoms with Crippen molar-refractivity contribution in [2.24, 2.45) is 0 Å². The zero-order chi connectivity index (χ0) is 18.6. The molecule has 0 aliphatic heterocycles. The minimum atomic E-state index is -0.0573. The van der Waals surface area contributed by atoms with Crippen molar-refractivity contribution in [2.75, 3.05) is 7.05 Å². The molecule has 27 heavy (non-hydrogen) atoms. The summed E-state index contributed by atoms with van der Waals surface area (Å²) in [6, 6.07) is 26.9. The highest BCUT2D eigenvalue weighted by Crippen LogP contribution is 2.25. The Morgan fingerprint density at radius 1 is 0.852 bits per heavy atom. The van der Waals surface area contributed by atoms with E-state index in [-0.39, 0.29) is 5.91 Å². The first-order valence-electron chi connectivity index (χ1n) is 9.16. The van der Waals surface area contributed by atoms with Gasteiger partial charge in [0.25, 0.3) is 5.91 Å². The van der Waals surface area contributed by atoms with Crippen LogP contribution in [-0.4, -0.2) is 17.5 Å². The molecule has 0 saturated carbocycles. The monoisotopic (exact) mass is 354 g/mol. The predicted octanol–water partition coefficient (Wildman–Crippen LogP) is 4.64. The van der Waals surface area contributed by atoms with E-state index in [9.17, 15) is 4.79 Å². The van der Waals surface area contributed by atoms with Crippen LogP contribution in [0.5, 0.6) is 0 Å². The lowest BCUT2D eigenvalue weighted by molar-refractivity contribution is 0.0963. The summed E-state index contributed by atoms with van der Waals surface area (Å²) in [7, 11) is 1.65. The van der Waals surface area contributed by atoms with Crippen LogP contribution in [-0.2, 0) is 13.0 Å².